The SMILES string of the molecule is c1ccc(-c2nc(-c3ccccc3)nc(-c3ccc4c(c3)oc3cccc(-c5ccc6c(c5)c5ccccc5n6-c5ccccc5)c34)n2)cc1. The third kappa shape index (κ3) is 4.60. The zero-order valence-corrected chi connectivity index (χ0v) is 26.9. The van der Waals surface area contributed by atoms with E-state index in [1.165, 1.54) is 21.8 Å². The summed E-state index contributed by atoms with van der Waals surface area (Å²) in [5.41, 5.74) is 10.2. The highest BCUT2D eigenvalue weighted by atomic mass is 16.3. The molecular formula is C45H28N4O. The topological polar surface area (TPSA) is 56.7 Å². The summed E-state index contributed by atoms with van der Waals surface area (Å²) >= 11 is 0. The highest BCUT2D eigenvalue weighted by Crippen LogP contribution is 2.41. The number of rotatable bonds is 5. The number of furan rings is 1. The Hall–Kier alpha value is -6.85. The first-order valence-corrected chi connectivity index (χ1v) is 16.7. The fourth-order valence-corrected chi connectivity index (χ4v) is 7.14. The molecule has 5 heteroatoms. The summed E-state index contributed by atoms with van der Waals surface area (Å²) in [7, 11) is 0. The molecule has 0 aliphatic rings. The zero-order chi connectivity index (χ0) is 33.0. The number of fused-ring (bicyclic) bond motifs is 6. The van der Waals surface area contributed by atoms with Crippen molar-refractivity contribution in [3.63, 3.8) is 0 Å². The standard InChI is InChI=1S/C45H28N4O/c1-4-13-29(14-5-1)43-46-44(30-15-6-2-7-16-30)48-45(47-43)32-23-25-36-41(28-32)50-40-22-12-20-34(42(36)40)31-24-26-39-37(27-31)35-19-10-11-21-38(35)49(39)33-17-8-3-9-18-33/h1-28H. The van der Waals surface area contributed by atoms with Gasteiger partial charge in [-0.05, 0) is 59.7 Å². The number of nitrogens with zero attached hydrogens (tertiary/aromatic N) is 4. The predicted molar refractivity (Wildman–Crippen MR) is 203 cm³/mol. The first kappa shape index (κ1) is 28.2. The van der Waals surface area contributed by atoms with E-state index in [1.807, 2.05) is 66.7 Å². The van der Waals surface area contributed by atoms with Gasteiger partial charge >= 0.3 is 0 Å². The van der Waals surface area contributed by atoms with E-state index in [-0.39, 0.29) is 0 Å². The molecule has 0 aliphatic heterocycles. The van der Waals surface area contributed by atoms with Crippen molar-refractivity contribution >= 4 is 43.7 Å². The lowest BCUT2D eigenvalue weighted by atomic mass is 9.97. The lowest BCUT2D eigenvalue weighted by Crippen LogP contribution is -2.00. The van der Waals surface area contributed by atoms with Gasteiger partial charge in [0.1, 0.15) is 11.2 Å². The Bertz CT molecular complexity index is 2800. The number of benzene rings is 7. The monoisotopic (exact) mass is 640 g/mol. The Morgan fingerprint density at radius 2 is 0.980 bits per heavy atom. The van der Waals surface area contributed by atoms with Gasteiger partial charge in [0.15, 0.2) is 17.5 Å². The van der Waals surface area contributed by atoms with Crippen LogP contribution in [-0.2, 0) is 0 Å². The number of hydrogen-bond acceptors (Lipinski definition) is 4. The van der Waals surface area contributed by atoms with E-state index in [4.69, 9.17) is 19.4 Å². The predicted octanol–water partition coefficient (Wildman–Crippen LogP) is 11.5. The van der Waals surface area contributed by atoms with Crippen LogP contribution < -0.4 is 0 Å². The van der Waals surface area contributed by atoms with E-state index in [1.54, 1.807) is 0 Å². The molecule has 3 aromatic heterocycles. The second-order valence-electron chi connectivity index (χ2n) is 12.5. The lowest BCUT2D eigenvalue weighted by molar-refractivity contribution is 0.669. The van der Waals surface area contributed by atoms with E-state index in [0.29, 0.717) is 17.5 Å². The van der Waals surface area contributed by atoms with Crippen LogP contribution in [0.5, 0.6) is 0 Å². The summed E-state index contributed by atoms with van der Waals surface area (Å²) in [5, 5.41) is 4.58. The van der Waals surface area contributed by atoms with Gasteiger partial charge in [-0.3, -0.25) is 0 Å². The summed E-state index contributed by atoms with van der Waals surface area (Å²) in [5.74, 6) is 1.86. The van der Waals surface area contributed by atoms with Crippen LogP contribution in [-0.4, -0.2) is 19.5 Å². The maximum Gasteiger partial charge on any atom is 0.164 e. The maximum atomic E-state index is 6.55. The summed E-state index contributed by atoms with van der Waals surface area (Å²) in [6.45, 7) is 0. The molecule has 0 saturated heterocycles. The molecule has 10 rings (SSSR count). The Morgan fingerprint density at radius 1 is 0.380 bits per heavy atom. The van der Waals surface area contributed by atoms with Crippen LogP contribution >= 0.6 is 0 Å². The minimum Gasteiger partial charge on any atom is -0.456 e. The highest BCUT2D eigenvalue weighted by Gasteiger charge is 2.18. The van der Waals surface area contributed by atoms with Crippen molar-refractivity contribution in [2.45, 2.75) is 0 Å². The number of para-hydroxylation sites is 2. The molecule has 0 fully saturated rings. The molecule has 0 amide bonds. The third-order valence-electron chi connectivity index (χ3n) is 9.45. The summed E-state index contributed by atoms with van der Waals surface area (Å²) in [6.07, 6.45) is 0. The Labute approximate surface area is 287 Å². The van der Waals surface area contributed by atoms with Crippen molar-refractivity contribution in [2.24, 2.45) is 0 Å². The van der Waals surface area contributed by atoms with Crippen molar-refractivity contribution in [2.75, 3.05) is 0 Å². The molecule has 3 heterocycles. The Balaban J connectivity index is 1.13. The Morgan fingerprint density at radius 3 is 1.70 bits per heavy atom. The minimum absolute atomic E-state index is 0.598. The van der Waals surface area contributed by atoms with Crippen LogP contribution in [0, 0.1) is 0 Å². The van der Waals surface area contributed by atoms with Crippen LogP contribution in [0.1, 0.15) is 0 Å². The summed E-state index contributed by atoms with van der Waals surface area (Å²) in [6, 6.07) is 58.6. The highest BCUT2D eigenvalue weighted by molar-refractivity contribution is 6.15. The molecule has 0 atom stereocenters. The van der Waals surface area contributed by atoms with Gasteiger partial charge < -0.3 is 8.98 Å². The first-order chi connectivity index (χ1) is 24.8. The molecule has 50 heavy (non-hydrogen) atoms. The number of aromatic nitrogens is 4. The van der Waals surface area contributed by atoms with Gasteiger partial charge in [0.25, 0.3) is 0 Å². The van der Waals surface area contributed by atoms with E-state index < -0.39 is 0 Å². The molecule has 0 radical (unpaired) electrons. The van der Waals surface area contributed by atoms with Gasteiger partial charge in [-0.2, -0.15) is 0 Å². The average molecular weight is 641 g/mol. The maximum absolute atomic E-state index is 6.55. The average Bonchev–Trinajstić information content (AvgIpc) is 3.74. The van der Waals surface area contributed by atoms with Crippen molar-refractivity contribution in [3.8, 4) is 51.0 Å². The fourth-order valence-electron chi connectivity index (χ4n) is 7.14. The van der Waals surface area contributed by atoms with Gasteiger partial charge in [-0.1, -0.05) is 121 Å². The molecule has 0 aliphatic carbocycles. The molecule has 5 nitrogen and oxygen atoms in total. The van der Waals surface area contributed by atoms with Gasteiger partial charge in [-0.25, -0.2) is 15.0 Å². The molecule has 0 bridgehead atoms. The second-order valence-corrected chi connectivity index (χ2v) is 12.5. The van der Waals surface area contributed by atoms with Crippen molar-refractivity contribution in [1.82, 2.24) is 19.5 Å². The van der Waals surface area contributed by atoms with Gasteiger partial charge in [0.2, 0.25) is 0 Å². The molecule has 10 aromatic rings. The van der Waals surface area contributed by atoms with E-state index >= 15 is 0 Å². The fraction of sp³-hybridized carbons (Fsp3) is 0. The Kier molecular flexibility index (Phi) is 6.42. The third-order valence-corrected chi connectivity index (χ3v) is 9.45. The van der Waals surface area contributed by atoms with Crippen LogP contribution in [0.4, 0.5) is 0 Å². The molecule has 0 unspecified atom stereocenters. The van der Waals surface area contributed by atoms with Crippen molar-refractivity contribution < 1.29 is 4.42 Å². The molecule has 0 spiro atoms. The molecular weight excluding hydrogens is 613 g/mol. The number of hydrogen-bond donors (Lipinski definition) is 0. The first-order valence-electron chi connectivity index (χ1n) is 16.7. The van der Waals surface area contributed by atoms with Gasteiger partial charge in [0, 0.05) is 43.9 Å². The van der Waals surface area contributed by atoms with Crippen LogP contribution in [0.25, 0.3) is 94.7 Å². The van der Waals surface area contributed by atoms with Gasteiger partial charge in [0.05, 0.1) is 11.0 Å². The lowest BCUT2D eigenvalue weighted by Gasteiger charge is -2.09. The second kappa shape index (κ2) is 11.4. The molecule has 7 aromatic carbocycles. The van der Waals surface area contributed by atoms with Crippen molar-refractivity contribution in [1.29, 1.82) is 0 Å². The molecule has 0 N–H and O–H groups in total. The smallest absolute Gasteiger partial charge is 0.164 e. The van der Waals surface area contributed by atoms with Crippen LogP contribution in [0.3, 0.4) is 0 Å². The summed E-state index contributed by atoms with van der Waals surface area (Å²) in [4.78, 5) is 14.7. The van der Waals surface area contributed by atoms with Crippen molar-refractivity contribution in [3.05, 3.63) is 170 Å². The summed E-state index contributed by atoms with van der Waals surface area (Å²) < 4.78 is 8.90. The van der Waals surface area contributed by atoms with E-state index in [9.17, 15) is 0 Å². The van der Waals surface area contributed by atoms with Crippen LogP contribution in [0.15, 0.2) is 174 Å². The van der Waals surface area contributed by atoms with E-state index in [0.717, 1.165) is 55.4 Å². The van der Waals surface area contributed by atoms with E-state index in [2.05, 4.69) is 108 Å². The minimum atomic E-state index is 0.598. The normalized spacial score (nSPS) is 11.6. The zero-order valence-electron chi connectivity index (χ0n) is 26.9. The quantitative estimate of drug-likeness (QED) is 0.188. The van der Waals surface area contributed by atoms with Gasteiger partial charge in [-0.15, -0.1) is 0 Å². The molecule has 234 valence electrons. The largest absolute Gasteiger partial charge is 0.456 e. The molecule has 0 saturated carbocycles. The van der Waals surface area contributed by atoms with Crippen LogP contribution in [0.2, 0.25) is 0 Å².